The van der Waals surface area contributed by atoms with Gasteiger partial charge in [-0.1, -0.05) is 20.3 Å². The van der Waals surface area contributed by atoms with Crippen LogP contribution < -0.4 is 4.74 Å². The van der Waals surface area contributed by atoms with Crippen molar-refractivity contribution in [3.8, 4) is 5.75 Å². The Labute approximate surface area is 84.1 Å². The van der Waals surface area contributed by atoms with E-state index < -0.39 is 5.95 Å². The van der Waals surface area contributed by atoms with Gasteiger partial charge in [0.05, 0.1) is 7.11 Å². The maximum atomic E-state index is 13.0. The molecule has 0 radical (unpaired) electrons. The highest BCUT2D eigenvalue weighted by Crippen LogP contribution is 2.18. The van der Waals surface area contributed by atoms with Gasteiger partial charge in [0.1, 0.15) is 0 Å². The van der Waals surface area contributed by atoms with Gasteiger partial charge in [0, 0.05) is 6.20 Å². The van der Waals surface area contributed by atoms with Gasteiger partial charge >= 0.3 is 0 Å². The van der Waals surface area contributed by atoms with Gasteiger partial charge in [0.2, 0.25) is 0 Å². The van der Waals surface area contributed by atoms with E-state index in [-0.39, 0.29) is 5.75 Å². The molecule has 1 aromatic rings. The van der Waals surface area contributed by atoms with Gasteiger partial charge in [0.25, 0.3) is 5.95 Å². The number of nitrogens with zero attached hydrogens (tertiary/aromatic N) is 1. The van der Waals surface area contributed by atoms with Crippen LogP contribution >= 0.6 is 0 Å². The maximum absolute atomic E-state index is 13.0. The molecule has 0 bridgehead atoms. The molecule has 0 aliphatic carbocycles. The van der Waals surface area contributed by atoms with E-state index in [1.165, 1.54) is 7.11 Å². The Balaban J connectivity index is 2.79. The molecule has 0 saturated heterocycles. The van der Waals surface area contributed by atoms with Crippen LogP contribution in [0.3, 0.4) is 0 Å². The molecule has 1 aromatic heterocycles. The van der Waals surface area contributed by atoms with E-state index in [4.69, 9.17) is 4.74 Å². The lowest BCUT2D eigenvalue weighted by Gasteiger charge is -2.09. The van der Waals surface area contributed by atoms with Gasteiger partial charge in [-0.25, -0.2) is 4.98 Å². The molecule has 1 rings (SSSR count). The number of halogens is 1. The molecule has 78 valence electrons. The SMILES string of the molecule is CCC(C)Cc1cnc(F)c(OC)c1. The van der Waals surface area contributed by atoms with Gasteiger partial charge in [0.15, 0.2) is 5.75 Å². The molecular weight excluding hydrogens is 181 g/mol. The van der Waals surface area contributed by atoms with Crippen molar-refractivity contribution in [3.05, 3.63) is 23.8 Å². The number of rotatable bonds is 4. The topological polar surface area (TPSA) is 22.1 Å². The first-order valence-corrected chi connectivity index (χ1v) is 4.85. The molecule has 1 atom stereocenters. The normalized spacial score (nSPS) is 12.6. The van der Waals surface area contributed by atoms with E-state index in [1.54, 1.807) is 12.3 Å². The molecule has 0 aliphatic heterocycles. The number of aromatic nitrogens is 1. The third kappa shape index (κ3) is 2.69. The molecule has 0 aromatic carbocycles. The van der Waals surface area contributed by atoms with E-state index >= 15 is 0 Å². The van der Waals surface area contributed by atoms with Crippen LogP contribution in [0.2, 0.25) is 0 Å². The van der Waals surface area contributed by atoms with Crippen molar-refractivity contribution < 1.29 is 9.13 Å². The second-order valence-corrected chi connectivity index (χ2v) is 3.55. The number of hydrogen-bond donors (Lipinski definition) is 0. The zero-order valence-corrected chi connectivity index (χ0v) is 8.88. The zero-order valence-electron chi connectivity index (χ0n) is 8.88. The van der Waals surface area contributed by atoms with Crippen molar-refractivity contribution in [1.29, 1.82) is 0 Å². The summed E-state index contributed by atoms with van der Waals surface area (Å²) < 4.78 is 17.8. The van der Waals surface area contributed by atoms with Crippen LogP contribution in [0.15, 0.2) is 12.3 Å². The second kappa shape index (κ2) is 4.94. The first-order valence-electron chi connectivity index (χ1n) is 4.85. The average molecular weight is 197 g/mol. The Kier molecular flexibility index (Phi) is 3.86. The number of pyridine rings is 1. The number of ether oxygens (including phenoxy) is 1. The van der Waals surface area contributed by atoms with Crippen LogP contribution in [0.1, 0.15) is 25.8 Å². The van der Waals surface area contributed by atoms with E-state index in [2.05, 4.69) is 18.8 Å². The molecule has 0 spiro atoms. The van der Waals surface area contributed by atoms with Crippen molar-refractivity contribution in [2.45, 2.75) is 26.7 Å². The van der Waals surface area contributed by atoms with Crippen LogP contribution in [-0.2, 0) is 6.42 Å². The third-order valence-corrected chi connectivity index (χ3v) is 2.36. The zero-order chi connectivity index (χ0) is 10.6. The minimum Gasteiger partial charge on any atom is -0.492 e. The monoisotopic (exact) mass is 197 g/mol. The van der Waals surface area contributed by atoms with Gasteiger partial charge in [-0.15, -0.1) is 0 Å². The molecule has 3 heteroatoms. The largest absolute Gasteiger partial charge is 0.492 e. The predicted octanol–water partition coefficient (Wildman–Crippen LogP) is 2.82. The van der Waals surface area contributed by atoms with E-state index in [1.807, 2.05) is 0 Å². The molecule has 2 nitrogen and oxygen atoms in total. The second-order valence-electron chi connectivity index (χ2n) is 3.55. The minimum absolute atomic E-state index is 0.228. The Morgan fingerprint density at radius 2 is 2.29 bits per heavy atom. The highest BCUT2D eigenvalue weighted by atomic mass is 19.1. The van der Waals surface area contributed by atoms with E-state index in [0.29, 0.717) is 5.92 Å². The minimum atomic E-state index is -0.541. The molecule has 1 heterocycles. The average Bonchev–Trinajstić information content (AvgIpc) is 2.20. The lowest BCUT2D eigenvalue weighted by atomic mass is 10.0. The van der Waals surface area contributed by atoms with E-state index in [0.717, 1.165) is 18.4 Å². The van der Waals surface area contributed by atoms with Crippen LogP contribution in [0.4, 0.5) is 4.39 Å². The summed E-state index contributed by atoms with van der Waals surface area (Å²) in [6, 6.07) is 1.72. The third-order valence-electron chi connectivity index (χ3n) is 2.36. The highest BCUT2D eigenvalue weighted by Gasteiger charge is 2.07. The predicted molar refractivity (Wildman–Crippen MR) is 53.9 cm³/mol. The summed E-state index contributed by atoms with van der Waals surface area (Å²) in [6.45, 7) is 4.30. The summed E-state index contributed by atoms with van der Waals surface area (Å²) in [6.07, 6.45) is 3.60. The lowest BCUT2D eigenvalue weighted by molar-refractivity contribution is 0.376. The standard InChI is InChI=1S/C11H16FNO/c1-4-8(2)5-9-6-10(14-3)11(12)13-7-9/h6-8H,4-5H2,1-3H3. The Bertz CT molecular complexity index is 301. The summed E-state index contributed by atoms with van der Waals surface area (Å²) in [5, 5.41) is 0. The number of hydrogen-bond acceptors (Lipinski definition) is 2. The number of methoxy groups -OCH3 is 1. The quantitative estimate of drug-likeness (QED) is 0.692. The molecule has 0 saturated carbocycles. The van der Waals surface area contributed by atoms with Gasteiger partial charge in [-0.3, -0.25) is 0 Å². The summed E-state index contributed by atoms with van der Waals surface area (Å²) in [5.41, 5.74) is 1.03. The summed E-state index contributed by atoms with van der Waals surface area (Å²) in [4.78, 5) is 3.65. The van der Waals surface area contributed by atoms with Gasteiger partial charge in [-0.05, 0) is 24.0 Å². The Hall–Kier alpha value is -1.12. The van der Waals surface area contributed by atoms with Crippen molar-refractivity contribution in [3.63, 3.8) is 0 Å². The first kappa shape index (κ1) is 11.0. The molecule has 0 aliphatic rings. The highest BCUT2D eigenvalue weighted by molar-refractivity contribution is 5.25. The first-order chi connectivity index (χ1) is 6.67. The summed E-state index contributed by atoms with van der Waals surface area (Å²) >= 11 is 0. The molecule has 0 amide bonds. The van der Waals surface area contributed by atoms with Gasteiger partial charge in [-0.2, -0.15) is 4.39 Å². The van der Waals surface area contributed by atoms with Crippen molar-refractivity contribution >= 4 is 0 Å². The maximum Gasteiger partial charge on any atom is 0.255 e. The molecule has 0 fully saturated rings. The van der Waals surface area contributed by atoms with Crippen LogP contribution in [-0.4, -0.2) is 12.1 Å². The molecule has 14 heavy (non-hydrogen) atoms. The van der Waals surface area contributed by atoms with Crippen LogP contribution in [0.5, 0.6) is 5.75 Å². The van der Waals surface area contributed by atoms with Crippen molar-refractivity contribution in [1.82, 2.24) is 4.98 Å². The summed E-state index contributed by atoms with van der Waals surface area (Å²) in [5.74, 6) is 0.276. The summed E-state index contributed by atoms with van der Waals surface area (Å²) in [7, 11) is 1.45. The fraction of sp³-hybridized carbons (Fsp3) is 0.545. The van der Waals surface area contributed by atoms with Crippen LogP contribution in [0, 0.1) is 11.9 Å². The molecular formula is C11H16FNO. The fourth-order valence-electron chi connectivity index (χ4n) is 1.27. The van der Waals surface area contributed by atoms with Gasteiger partial charge < -0.3 is 4.74 Å². The molecule has 1 unspecified atom stereocenters. The Morgan fingerprint density at radius 3 is 2.86 bits per heavy atom. The lowest BCUT2D eigenvalue weighted by Crippen LogP contribution is -2.00. The van der Waals surface area contributed by atoms with Crippen molar-refractivity contribution in [2.75, 3.05) is 7.11 Å². The fourth-order valence-corrected chi connectivity index (χ4v) is 1.27. The van der Waals surface area contributed by atoms with Crippen molar-refractivity contribution in [2.24, 2.45) is 5.92 Å². The van der Waals surface area contributed by atoms with Crippen LogP contribution in [0.25, 0.3) is 0 Å². The smallest absolute Gasteiger partial charge is 0.255 e. The Morgan fingerprint density at radius 1 is 1.57 bits per heavy atom. The molecule has 0 N–H and O–H groups in total. The van der Waals surface area contributed by atoms with E-state index in [9.17, 15) is 4.39 Å².